The number of furan rings is 1. The largest absolute Gasteiger partial charge is 0.456 e. The van der Waals surface area contributed by atoms with E-state index in [0.29, 0.717) is 0 Å². The molecule has 0 atom stereocenters. The second kappa shape index (κ2) is 9.81. The van der Waals surface area contributed by atoms with Gasteiger partial charge in [0.05, 0.1) is 38.8 Å². The number of rotatable bonds is 2. The van der Waals surface area contributed by atoms with Gasteiger partial charge in [-0.3, -0.25) is 0 Å². The summed E-state index contributed by atoms with van der Waals surface area (Å²) in [4.78, 5) is 0. The Kier molecular flexibility index (Phi) is 5.11. The SMILES string of the molecule is c1ccc2c(c1)-c1cccc3c(-n4c5ccccc5c5c4ccc4c6ccc7oc8ccccc8c7c6n(-c6cccc7ccccc67)c45)ccc-2c13. The monoisotopic (exact) mass is 672 g/mol. The average Bonchev–Trinajstić information content (AvgIpc) is 3.95. The molecule has 0 unspecified atom stereocenters. The fraction of sp³-hybridized carbons (Fsp3) is 0. The van der Waals surface area contributed by atoms with Gasteiger partial charge in [-0.1, -0.05) is 127 Å². The fourth-order valence-corrected chi connectivity index (χ4v) is 9.74. The summed E-state index contributed by atoms with van der Waals surface area (Å²) in [6.07, 6.45) is 0. The Labute approximate surface area is 303 Å². The van der Waals surface area contributed by atoms with Crippen molar-refractivity contribution in [3.8, 4) is 33.6 Å². The molecule has 0 saturated heterocycles. The van der Waals surface area contributed by atoms with Crippen LogP contribution in [0.15, 0.2) is 174 Å². The topological polar surface area (TPSA) is 23.0 Å². The number of nitrogens with zero attached hydrogens (tertiary/aromatic N) is 2. The first kappa shape index (κ1) is 27.6. The van der Waals surface area contributed by atoms with Gasteiger partial charge in [0.1, 0.15) is 11.2 Å². The lowest BCUT2D eigenvalue weighted by molar-refractivity contribution is 0.669. The van der Waals surface area contributed by atoms with Crippen LogP contribution in [-0.2, 0) is 0 Å². The highest BCUT2D eigenvalue weighted by molar-refractivity contribution is 6.31. The summed E-state index contributed by atoms with van der Waals surface area (Å²) < 4.78 is 11.6. The number of hydrogen-bond acceptors (Lipinski definition) is 1. The summed E-state index contributed by atoms with van der Waals surface area (Å²) in [6, 6.07) is 62.2. The van der Waals surface area contributed by atoms with E-state index >= 15 is 0 Å². The minimum Gasteiger partial charge on any atom is -0.456 e. The third-order valence-electron chi connectivity index (χ3n) is 11.8. The maximum absolute atomic E-state index is 6.53. The molecule has 0 amide bonds. The van der Waals surface area contributed by atoms with E-state index in [0.717, 1.165) is 27.6 Å². The Morgan fingerprint density at radius 1 is 0.302 bits per heavy atom. The van der Waals surface area contributed by atoms with E-state index in [9.17, 15) is 0 Å². The third-order valence-corrected chi connectivity index (χ3v) is 11.8. The molecule has 1 aliphatic rings. The molecule has 0 aliphatic heterocycles. The molecule has 3 aromatic heterocycles. The standard InChI is InChI=1S/C50H28N2O/c1-2-13-30-29(11-1)12-9-21-40(30)52-49-35(36-25-28-45-48(50(36)52)39-17-6-8-22-44(39)53-45)24-27-43-47(49)38-16-5-7-20-41(38)51(43)42-26-23-34-32-15-4-3-14-31(32)33-18-10-19-37(42)46(33)34/h1-28H. The molecule has 9 aromatic carbocycles. The average molecular weight is 673 g/mol. The highest BCUT2D eigenvalue weighted by atomic mass is 16.3. The predicted molar refractivity (Wildman–Crippen MR) is 222 cm³/mol. The van der Waals surface area contributed by atoms with Gasteiger partial charge in [0.15, 0.2) is 0 Å². The van der Waals surface area contributed by atoms with Gasteiger partial charge in [-0.25, -0.2) is 0 Å². The van der Waals surface area contributed by atoms with Crippen LogP contribution in [0.25, 0.3) is 121 Å². The molecule has 0 bridgehead atoms. The van der Waals surface area contributed by atoms with Gasteiger partial charge >= 0.3 is 0 Å². The Balaban J connectivity index is 1.25. The molecular weight excluding hydrogens is 645 g/mol. The van der Waals surface area contributed by atoms with Crippen LogP contribution < -0.4 is 0 Å². The zero-order valence-corrected chi connectivity index (χ0v) is 28.5. The zero-order valence-electron chi connectivity index (χ0n) is 28.5. The van der Waals surface area contributed by atoms with Crippen molar-refractivity contribution in [3.63, 3.8) is 0 Å². The van der Waals surface area contributed by atoms with E-state index in [1.807, 2.05) is 0 Å². The first-order chi connectivity index (χ1) is 26.3. The highest BCUT2D eigenvalue weighted by Crippen LogP contribution is 2.50. The summed E-state index contributed by atoms with van der Waals surface area (Å²) in [5.74, 6) is 0. The molecule has 3 heterocycles. The molecular formula is C50H28N2O. The smallest absolute Gasteiger partial charge is 0.137 e. The summed E-state index contributed by atoms with van der Waals surface area (Å²) in [7, 11) is 0. The number of para-hydroxylation sites is 2. The summed E-state index contributed by atoms with van der Waals surface area (Å²) in [5, 5.41) is 12.2. The second-order valence-corrected chi connectivity index (χ2v) is 14.4. The molecule has 244 valence electrons. The Hall–Kier alpha value is -7.10. The van der Waals surface area contributed by atoms with Crippen molar-refractivity contribution in [2.75, 3.05) is 0 Å². The van der Waals surface area contributed by atoms with E-state index in [2.05, 4.69) is 179 Å². The second-order valence-electron chi connectivity index (χ2n) is 14.4. The Bertz CT molecular complexity index is 3540. The minimum atomic E-state index is 0.899. The third kappa shape index (κ3) is 3.40. The molecule has 3 heteroatoms. The number of aromatic nitrogens is 2. The van der Waals surface area contributed by atoms with Crippen LogP contribution in [0.4, 0.5) is 0 Å². The molecule has 3 nitrogen and oxygen atoms in total. The van der Waals surface area contributed by atoms with Crippen molar-refractivity contribution < 1.29 is 4.42 Å². The van der Waals surface area contributed by atoms with Gasteiger partial charge < -0.3 is 13.6 Å². The van der Waals surface area contributed by atoms with Crippen LogP contribution >= 0.6 is 0 Å². The van der Waals surface area contributed by atoms with E-state index in [1.54, 1.807) is 0 Å². The number of benzene rings is 9. The van der Waals surface area contributed by atoms with Crippen LogP contribution in [-0.4, -0.2) is 9.13 Å². The number of fused-ring (bicyclic) bond motifs is 15. The highest BCUT2D eigenvalue weighted by Gasteiger charge is 2.27. The van der Waals surface area contributed by atoms with E-state index in [-0.39, 0.29) is 0 Å². The molecule has 53 heavy (non-hydrogen) atoms. The molecule has 0 spiro atoms. The predicted octanol–water partition coefficient (Wildman–Crippen LogP) is 13.7. The van der Waals surface area contributed by atoms with Crippen molar-refractivity contribution in [1.82, 2.24) is 9.13 Å². The van der Waals surface area contributed by atoms with Crippen LogP contribution in [0.3, 0.4) is 0 Å². The Morgan fingerprint density at radius 3 is 1.81 bits per heavy atom. The van der Waals surface area contributed by atoms with E-state index in [1.165, 1.54) is 93.1 Å². The van der Waals surface area contributed by atoms with Crippen molar-refractivity contribution in [2.45, 2.75) is 0 Å². The summed E-state index contributed by atoms with van der Waals surface area (Å²) in [5.41, 5.74) is 14.2. The maximum atomic E-state index is 6.53. The van der Waals surface area contributed by atoms with Crippen LogP contribution in [0.1, 0.15) is 0 Å². The normalized spacial score (nSPS) is 12.5. The van der Waals surface area contributed by atoms with Gasteiger partial charge in [-0.15, -0.1) is 0 Å². The lowest BCUT2D eigenvalue weighted by Crippen LogP contribution is -1.97. The van der Waals surface area contributed by atoms with Crippen molar-refractivity contribution in [2.24, 2.45) is 0 Å². The molecule has 0 saturated carbocycles. The van der Waals surface area contributed by atoms with Gasteiger partial charge in [0, 0.05) is 37.7 Å². The molecule has 1 aliphatic carbocycles. The van der Waals surface area contributed by atoms with E-state index < -0.39 is 0 Å². The van der Waals surface area contributed by atoms with Crippen molar-refractivity contribution in [3.05, 3.63) is 170 Å². The summed E-state index contributed by atoms with van der Waals surface area (Å²) in [6.45, 7) is 0. The van der Waals surface area contributed by atoms with Crippen LogP contribution in [0.2, 0.25) is 0 Å². The summed E-state index contributed by atoms with van der Waals surface area (Å²) >= 11 is 0. The first-order valence-corrected chi connectivity index (χ1v) is 18.3. The van der Waals surface area contributed by atoms with E-state index in [4.69, 9.17) is 4.42 Å². The van der Waals surface area contributed by atoms with Crippen molar-refractivity contribution in [1.29, 1.82) is 0 Å². The molecule has 0 radical (unpaired) electrons. The van der Waals surface area contributed by atoms with Gasteiger partial charge in [-0.05, 0) is 75.5 Å². The van der Waals surface area contributed by atoms with Crippen LogP contribution in [0, 0.1) is 0 Å². The molecule has 0 N–H and O–H groups in total. The van der Waals surface area contributed by atoms with Gasteiger partial charge in [-0.2, -0.15) is 0 Å². The number of hydrogen-bond donors (Lipinski definition) is 0. The minimum absolute atomic E-state index is 0.899. The quantitative estimate of drug-likeness (QED) is 0.179. The van der Waals surface area contributed by atoms with Crippen LogP contribution in [0.5, 0.6) is 0 Å². The Morgan fingerprint density at radius 2 is 0.925 bits per heavy atom. The maximum Gasteiger partial charge on any atom is 0.137 e. The van der Waals surface area contributed by atoms with Crippen molar-refractivity contribution >= 4 is 87.1 Å². The fourth-order valence-electron chi connectivity index (χ4n) is 9.74. The molecule has 0 fully saturated rings. The van der Waals surface area contributed by atoms with Gasteiger partial charge in [0.25, 0.3) is 0 Å². The molecule has 12 aromatic rings. The lowest BCUT2D eigenvalue weighted by atomic mass is 10.0. The van der Waals surface area contributed by atoms with Gasteiger partial charge in [0.2, 0.25) is 0 Å². The first-order valence-electron chi connectivity index (χ1n) is 18.3. The lowest BCUT2D eigenvalue weighted by Gasteiger charge is -2.14. The zero-order chi connectivity index (χ0) is 34.4. The molecule has 13 rings (SSSR count).